The van der Waals surface area contributed by atoms with Gasteiger partial charge in [-0.3, -0.25) is 0 Å². The van der Waals surface area contributed by atoms with Gasteiger partial charge >= 0.3 is 5.97 Å². The highest BCUT2D eigenvalue weighted by Gasteiger charge is 2.49. The Morgan fingerprint density at radius 1 is 1.41 bits per heavy atom. The molecule has 0 aromatic heterocycles. The summed E-state index contributed by atoms with van der Waals surface area (Å²) in [5.74, 6) is -0.484. The lowest BCUT2D eigenvalue weighted by Crippen LogP contribution is -2.46. The van der Waals surface area contributed by atoms with E-state index < -0.39 is 11.6 Å². The standard InChI is InChI=1S/C19H26O3/c1-5-14-9-10-16(20)15(13-14)17(21)22-19(11-7-8-12-19)18(3,4)6-2/h5,9-10,13,20H,1,6-8,11-12H2,2-4H3. The molecule has 0 atom stereocenters. The molecule has 22 heavy (non-hydrogen) atoms. The Hall–Kier alpha value is -1.77. The van der Waals surface area contributed by atoms with Crippen LogP contribution in [0.3, 0.4) is 0 Å². The maximum atomic E-state index is 12.6. The van der Waals surface area contributed by atoms with Gasteiger partial charge in [0.2, 0.25) is 0 Å². The van der Waals surface area contributed by atoms with E-state index in [2.05, 4.69) is 27.4 Å². The molecule has 1 N–H and O–H groups in total. The smallest absolute Gasteiger partial charge is 0.342 e. The first-order valence-corrected chi connectivity index (χ1v) is 8.04. The van der Waals surface area contributed by atoms with Gasteiger partial charge in [-0.25, -0.2) is 4.79 Å². The van der Waals surface area contributed by atoms with E-state index >= 15 is 0 Å². The van der Waals surface area contributed by atoms with E-state index in [-0.39, 0.29) is 16.7 Å². The monoisotopic (exact) mass is 302 g/mol. The van der Waals surface area contributed by atoms with Gasteiger partial charge in [0.1, 0.15) is 16.9 Å². The Bertz CT molecular complexity index is 566. The van der Waals surface area contributed by atoms with Crippen molar-refractivity contribution in [1.29, 1.82) is 0 Å². The van der Waals surface area contributed by atoms with Crippen LogP contribution in [0.5, 0.6) is 5.75 Å². The van der Waals surface area contributed by atoms with Crippen molar-refractivity contribution in [3.8, 4) is 5.75 Å². The number of rotatable bonds is 5. The van der Waals surface area contributed by atoms with Crippen LogP contribution in [0.2, 0.25) is 0 Å². The van der Waals surface area contributed by atoms with Gasteiger partial charge in [-0.05, 0) is 49.8 Å². The van der Waals surface area contributed by atoms with E-state index in [4.69, 9.17) is 4.74 Å². The molecule has 0 aliphatic heterocycles. The highest BCUT2D eigenvalue weighted by Crippen LogP contribution is 2.49. The zero-order valence-electron chi connectivity index (χ0n) is 13.8. The fourth-order valence-corrected chi connectivity index (χ4v) is 3.26. The molecule has 0 radical (unpaired) electrons. The number of hydrogen-bond acceptors (Lipinski definition) is 3. The van der Waals surface area contributed by atoms with Crippen LogP contribution in [-0.4, -0.2) is 16.7 Å². The Morgan fingerprint density at radius 3 is 2.59 bits per heavy atom. The molecule has 3 heteroatoms. The number of phenolic OH excluding ortho intramolecular Hbond substituents is 1. The first kappa shape index (κ1) is 16.6. The van der Waals surface area contributed by atoms with E-state index in [1.165, 1.54) is 6.07 Å². The molecule has 0 heterocycles. The number of aromatic hydroxyl groups is 1. The van der Waals surface area contributed by atoms with Crippen molar-refractivity contribution in [3.63, 3.8) is 0 Å². The van der Waals surface area contributed by atoms with Crippen molar-refractivity contribution >= 4 is 12.0 Å². The quantitative estimate of drug-likeness (QED) is 0.783. The topological polar surface area (TPSA) is 46.5 Å². The summed E-state index contributed by atoms with van der Waals surface area (Å²) in [4.78, 5) is 12.6. The normalized spacial score (nSPS) is 17.2. The second-order valence-corrected chi connectivity index (χ2v) is 6.81. The van der Waals surface area contributed by atoms with Crippen LogP contribution >= 0.6 is 0 Å². The van der Waals surface area contributed by atoms with Gasteiger partial charge in [0, 0.05) is 5.41 Å². The molecule has 1 aromatic carbocycles. The number of hydrogen-bond donors (Lipinski definition) is 1. The Balaban J connectivity index is 2.32. The third-order valence-corrected chi connectivity index (χ3v) is 5.29. The van der Waals surface area contributed by atoms with Crippen LogP contribution in [0.4, 0.5) is 0 Å². The highest BCUT2D eigenvalue weighted by atomic mass is 16.6. The van der Waals surface area contributed by atoms with Crippen molar-refractivity contribution in [2.24, 2.45) is 5.41 Å². The fourth-order valence-electron chi connectivity index (χ4n) is 3.26. The van der Waals surface area contributed by atoms with E-state index in [0.717, 1.165) is 37.7 Å². The molecule has 1 aliphatic carbocycles. The maximum absolute atomic E-state index is 12.6. The molecule has 2 rings (SSSR count). The number of benzene rings is 1. The van der Waals surface area contributed by atoms with Crippen molar-refractivity contribution in [2.75, 3.05) is 0 Å². The van der Waals surface area contributed by atoms with Gasteiger partial charge in [0.25, 0.3) is 0 Å². The minimum absolute atomic E-state index is 0.0435. The minimum Gasteiger partial charge on any atom is -0.507 e. The van der Waals surface area contributed by atoms with Gasteiger partial charge in [-0.15, -0.1) is 0 Å². The van der Waals surface area contributed by atoms with E-state index in [9.17, 15) is 9.90 Å². The summed E-state index contributed by atoms with van der Waals surface area (Å²) in [5.41, 5.74) is 0.496. The number of carbonyl (C=O) groups excluding carboxylic acids is 1. The summed E-state index contributed by atoms with van der Waals surface area (Å²) < 4.78 is 5.99. The van der Waals surface area contributed by atoms with Crippen LogP contribution in [0.15, 0.2) is 24.8 Å². The van der Waals surface area contributed by atoms with Gasteiger partial charge in [0.15, 0.2) is 0 Å². The highest BCUT2D eigenvalue weighted by molar-refractivity contribution is 5.93. The van der Waals surface area contributed by atoms with E-state index in [1.54, 1.807) is 18.2 Å². The molecule has 120 valence electrons. The third-order valence-electron chi connectivity index (χ3n) is 5.29. The summed E-state index contributed by atoms with van der Waals surface area (Å²) in [7, 11) is 0. The van der Waals surface area contributed by atoms with Crippen LogP contribution in [0.1, 0.15) is 68.8 Å². The van der Waals surface area contributed by atoms with Crippen molar-refractivity contribution in [2.45, 2.75) is 58.5 Å². The summed E-state index contributed by atoms with van der Waals surface area (Å²) >= 11 is 0. The molecular formula is C19H26O3. The molecule has 1 aliphatic rings. The third kappa shape index (κ3) is 2.90. The largest absolute Gasteiger partial charge is 0.507 e. The van der Waals surface area contributed by atoms with Crippen molar-refractivity contribution < 1.29 is 14.6 Å². The van der Waals surface area contributed by atoms with E-state index in [1.807, 2.05) is 0 Å². The molecule has 0 amide bonds. The second kappa shape index (κ2) is 6.15. The lowest BCUT2D eigenvalue weighted by molar-refractivity contribution is -0.0834. The number of ether oxygens (including phenoxy) is 1. The van der Waals surface area contributed by atoms with Gasteiger partial charge in [-0.1, -0.05) is 39.5 Å². The first-order chi connectivity index (χ1) is 10.3. The van der Waals surface area contributed by atoms with Gasteiger partial charge < -0.3 is 9.84 Å². The molecule has 3 nitrogen and oxygen atoms in total. The fraction of sp³-hybridized carbons (Fsp3) is 0.526. The molecule has 1 fully saturated rings. The van der Waals surface area contributed by atoms with Crippen molar-refractivity contribution in [1.82, 2.24) is 0 Å². The van der Waals surface area contributed by atoms with Crippen molar-refractivity contribution in [3.05, 3.63) is 35.9 Å². The predicted molar refractivity (Wildman–Crippen MR) is 88.9 cm³/mol. The molecule has 0 saturated heterocycles. The average molecular weight is 302 g/mol. The number of esters is 1. The van der Waals surface area contributed by atoms with Gasteiger partial charge in [-0.2, -0.15) is 0 Å². The molecule has 0 unspecified atom stereocenters. The zero-order valence-corrected chi connectivity index (χ0v) is 13.8. The van der Waals surface area contributed by atoms with Gasteiger partial charge in [0.05, 0.1) is 0 Å². The van der Waals surface area contributed by atoms with Crippen LogP contribution in [-0.2, 0) is 4.74 Å². The molecule has 0 spiro atoms. The summed E-state index contributed by atoms with van der Waals surface area (Å²) in [6.45, 7) is 10.1. The molecule has 0 bridgehead atoms. The SMILES string of the molecule is C=Cc1ccc(O)c(C(=O)OC2(C(C)(C)CC)CCCC2)c1. The second-order valence-electron chi connectivity index (χ2n) is 6.81. The van der Waals surface area contributed by atoms with Crippen LogP contribution < -0.4 is 0 Å². The Kier molecular flexibility index (Phi) is 4.64. The maximum Gasteiger partial charge on any atom is 0.342 e. The van der Waals surface area contributed by atoms with Crippen LogP contribution in [0, 0.1) is 5.41 Å². The lowest BCUT2D eigenvalue weighted by atomic mass is 9.71. The average Bonchev–Trinajstić information content (AvgIpc) is 2.98. The molecule has 1 saturated carbocycles. The van der Waals surface area contributed by atoms with E-state index in [0.29, 0.717) is 0 Å². The lowest BCUT2D eigenvalue weighted by Gasteiger charge is -2.43. The number of phenols is 1. The summed E-state index contributed by atoms with van der Waals surface area (Å²) in [6, 6.07) is 4.87. The molecule has 1 aromatic rings. The zero-order chi connectivity index (χ0) is 16.4. The first-order valence-electron chi connectivity index (χ1n) is 8.04. The summed E-state index contributed by atoms with van der Waals surface area (Å²) in [5, 5.41) is 9.98. The van der Waals surface area contributed by atoms with Crippen LogP contribution in [0.25, 0.3) is 6.08 Å². The molecular weight excluding hydrogens is 276 g/mol. The number of carbonyl (C=O) groups is 1. The summed E-state index contributed by atoms with van der Waals surface area (Å²) in [6.07, 6.45) is 6.53. The minimum atomic E-state index is -0.440. The Labute approximate surface area is 133 Å². The Morgan fingerprint density at radius 2 is 2.05 bits per heavy atom. The predicted octanol–water partition coefficient (Wildman–Crippen LogP) is 4.94.